The zero-order chi connectivity index (χ0) is 11.0. The van der Waals surface area contributed by atoms with Crippen LogP contribution in [-0.4, -0.2) is 22.3 Å². The second-order valence-electron chi connectivity index (χ2n) is 3.72. The fraction of sp³-hybridized carbons (Fsp3) is 0.167. The molecule has 0 radical (unpaired) electrons. The highest BCUT2D eigenvalue weighted by molar-refractivity contribution is 9.11. The molecule has 0 spiro atoms. The molecule has 1 atom stereocenters. The quantitative estimate of drug-likeness (QED) is 0.738. The first-order valence-electron chi connectivity index (χ1n) is 5.15. The Labute approximate surface area is 102 Å². The molecule has 0 aromatic carbocycles. The van der Waals surface area contributed by atoms with Gasteiger partial charge in [-0.25, -0.2) is 0 Å². The molecule has 1 aromatic rings. The molecule has 3 heterocycles. The molecule has 3 nitrogen and oxygen atoms in total. The zero-order valence-electron chi connectivity index (χ0n) is 8.55. The van der Waals surface area contributed by atoms with Crippen molar-refractivity contribution in [1.82, 2.24) is 9.88 Å². The van der Waals surface area contributed by atoms with Crippen molar-refractivity contribution >= 4 is 21.8 Å². The maximum atomic E-state index is 4.65. The zero-order valence-corrected chi connectivity index (χ0v) is 10.1. The highest BCUT2D eigenvalue weighted by atomic mass is 79.9. The average molecular weight is 276 g/mol. The first-order chi connectivity index (χ1) is 7.84. The van der Waals surface area contributed by atoms with Gasteiger partial charge in [0.25, 0.3) is 0 Å². The van der Waals surface area contributed by atoms with Crippen molar-refractivity contribution < 1.29 is 0 Å². The molecular formula is C12H10BrN3. The van der Waals surface area contributed by atoms with Gasteiger partial charge in [0.1, 0.15) is 11.9 Å². The summed E-state index contributed by atoms with van der Waals surface area (Å²) < 4.78 is 1.06. The Balaban J connectivity index is 1.92. The van der Waals surface area contributed by atoms with Crippen molar-refractivity contribution in [3.63, 3.8) is 0 Å². The summed E-state index contributed by atoms with van der Waals surface area (Å²) in [6.07, 6.45) is 7.86. The first-order valence-corrected chi connectivity index (χ1v) is 5.94. The molecule has 3 rings (SSSR count). The molecule has 80 valence electrons. The van der Waals surface area contributed by atoms with Gasteiger partial charge in [-0.1, -0.05) is 12.1 Å². The minimum Gasteiger partial charge on any atom is -0.318 e. The van der Waals surface area contributed by atoms with E-state index in [0.29, 0.717) is 0 Å². The lowest BCUT2D eigenvalue weighted by molar-refractivity contribution is 0.536. The average Bonchev–Trinajstić information content (AvgIpc) is 2.76. The van der Waals surface area contributed by atoms with E-state index in [9.17, 15) is 0 Å². The Kier molecular flexibility index (Phi) is 2.36. The monoisotopic (exact) mass is 275 g/mol. The number of aromatic nitrogens is 1. The summed E-state index contributed by atoms with van der Waals surface area (Å²) in [5, 5.41) is 0. The molecule has 1 aromatic heterocycles. The summed E-state index contributed by atoms with van der Waals surface area (Å²) in [6, 6.07) is 6.09. The van der Waals surface area contributed by atoms with E-state index in [1.54, 1.807) is 0 Å². The predicted molar refractivity (Wildman–Crippen MR) is 67.3 cm³/mol. The number of rotatable bonds is 1. The van der Waals surface area contributed by atoms with E-state index in [2.05, 4.69) is 30.8 Å². The van der Waals surface area contributed by atoms with Crippen molar-refractivity contribution in [2.45, 2.75) is 6.04 Å². The van der Waals surface area contributed by atoms with Crippen LogP contribution in [0.25, 0.3) is 0 Å². The summed E-state index contributed by atoms with van der Waals surface area (Å²) in [5.74, 6) is 1.00. The molecule has 2 aliphatic heterocycles. The number of fused-ring (bicyclic) bond motifs is 1. The highest BCUT2D eigenvalue weighted by Crippen LogP contribution is 2.30. The van der Waals surface area contributed by atoms with E-state index in [0.717, 1.165) is 22.7 Å². The maximum absolute atomic E-state index is 4.65. The second-order valence-corrected chi connectivity index (χ2v) is 4.53. The van der Waals surface area contributed by atoms with Gasteiger partial charge in [0.05, 0.1) is 16.8 Å². The number of allylic oxidation sites excluding steroid dienone is 2. The Bertz CT molecular complexity index is 490. The molecule has 4 heteroatoms. The van der Waals surface area contributed by atoms with Crippen LogP contribution in [0.3, 0.4) is 0 Å². The minimum absolute atomic E-state index is 0.139. The molecule has 0 saturated carbocycles. The van der Waals surface area contributed by atoms with Gasteiger partial charge in [0.15, 0.2) is 0 Å². The first kappa shape index (κ1) is 9.78. The standard InChI is InChI=1S/C12H10BrN3/c13-11-5-3-6-12-15-10(8-16(11)12)9-4-1-2-7-14-9/h1-7,10H,8H2/t10-/m1/s1. The van der Waals surface area contributed by atoms with Crippen LogP contribution in [0.1, 0.15) is 11.7 Å². The Hall–Kier alpha value is -1.42. The third-order valence-corrected chi connectivity index (χ3v) is 3.38. The molecule has 0 amide bonds. The molecule has 0 saturated heterocycles. The number of hydrogen-bond donors (Lipinski definition) is 0. The van der Waals surface area contributed by atoms with Crippen LogP contribution in [0.5, 0.6) is 0 Å². The van der Waals surface area contributed by atoms with Crippen LogP contribution >= 0.6 is 15.9 Å². The fourth-order valence-electron chi connectivity index (χ4n) is 1.90. The molecule has 0 unspecified atom stereocenters. The van der Waals surface area contributed by atoms with Crippen LogP contribution in [0, 0.1) is 0 Å². The van der Waals surface area contributed by atoms with Crippen LogP contribution in [0.15, 0.2) is 52.2 Å². The Morgan fingerprint density at radius 2 is 2.31 bits per heavy atom. The lowest BCUT2D eigenvalue weighted by atomic mass is 10.2. The number of aliphatic imine (C=N–C) groups is 1. The maximum Gasteiger partial charge on any atom is 0.129 e. The van der Waals surface area contributed by atoms with E-state index in [1.807, 2.05) is 42.6 Å². The van der Waals surface area contributed by atoms with Crippen molar-refractivity contribution in [2.75, 3.05) is 6.54 Å². The van der Waals surface area contributed by atoms with Gasteiger partial charge in [-0.05, 0) is 40.2 Å². The van der Waals surface area contributed by atoms with E-state index in [-0.39, 0.29) is 6.04 Å². The molecule has 0 N–H and O–H groups in total. The smallest absolute Gasteiger partial charge is 0.129 e. The van der Waals surface area contributed by atoms with Crippen molar-refractivity contribution in [3.05, 3.63) is 52.9 Å². The molecule has 0 fully saturated rings. The number of hydrogen-bond acceptors (Lipinski definition) is 3. The normalized spacial score (nSPS) is 22.8. The molecule has 0 bridgehead atoms. The Morgan fingerprint density at radius 3 is 3.06 bits per heavy atom. The topological polar surface area (TPSA) is 28.5 Å². The van der Waals surface area contributed by atoms with E-state index in [1.165, 1.54) is 0 Å². The SMILES string of the molecule is BrC1=CC=CC2=N[C@@H](c3ccccn3)CN12. The highest BCUT2D eigenvalue weighted by Gasteiger charge is 2.28. The number of pyridine rings is 1. The lowest BCUT2D eigenvalue weighted by Gasteiger charge is -2.20. The van der Waals surface area contributed by atoms with Crippen molar-refractivity contribution in [2.24, 2.45) is 4.99 Å². The summed E-state index contributed by atoms with van der Waals surface area (Å²) in [4.78, 5) is 11.2. The third-order valence-electron chi connectivity index (χ3n) is 2.69. The lowest BCUT2D eigenvalue weighted by Crippen LogP contribution is -2.25. The van der Waals surface area contributed by atoms with Gasteiger partial charge in [0.2, 0.25) is 0 Å². The fourth-order valence-corrected chi connectivity index (χ4v) is 2.38. The minimum atomic E-state index is 0.139. The number of nitrogens with zero attached hydrogens (tertiary/aromatic N) is 3. The van der Waals surface area contributed by atoms with Crippen LogP contribution in [0.4, 0.5) is 0 Å². The van der Waals surface area contributed by atoms with E-state index >= 15 is 0 Å². The van der Waals surface area contributed by atoms with Gasteiger partial charge in [0, 0.05) is 6.20 Å². The van der Waals surface area contributed by atoms with Crippen molar-refractivity contribution in [1.29, 1.82) is 0 Å². The molecular weight excluding hydrogens is 266 g/mol. The van der Waals surface area contributed by atoms with Crippen molar-refractivity contribution in [3.8, 4) is 0 Å². The summed E-state index contributed by atoms with van der Waals surface area (Å²) in [6.45, 7) is 0.855. The van der Waals surface area contributed by atoms with Gasteiger partial charge >= 0.3 is 0 Å². The van der Waals surface area contributed by atoms with Gasteiger partial charge in [-0.2, -0.15) is 0 Å². The summed E-state index contributed by atoms with van der Waals surface area (Å²) in [7, 11) is 0. The Morgan fingerprint density at radius 1 is 1.38 bits per heavy atom. The summed E-state index contributed by atoms with van der Waals surface area (Å²) in [5.41, 5.74) is 1.03. The van der Waals surface area contributed by atoms with Gasteiger partial charge in [-0.3, -0.25) is 9.98 Å². The van der Waals surface area contributed by atoms with E-state index in [4.69, 9.17) is 0 Å². The van der Waals surface area contributed by atoms with Gasteiger partial charge in [-0.15, -0.1) is 0 Å². The summed E-state index contributed by atoms with van der Waals surface area (Å²) >= 11 is 3.53. The molecule has 0 aliphatic carbocycles. The molecule has 2 aliphatic rings. The number of amidine groups is 1. The van der Waals surface area contributed by atoms with Crippen LogP contribution in [0.2, 0.25) is 0 Å². The van der Waals surface area contributed by atoms with Crippen LogP contribution in [-0.2, 0) is 0 Å². The largest absolute Gasteiger partial charge is 0.318 e. The molecule has 16 heavy (non-hydrogen) atoms. The third kappa shape index (κ3) is 1.59. The predicted octanol–water partition coefficient (Wildman–Crippen LogP) is 2.64. The van der Waals surface area contributed by atoms with E-state index < -0.39 is 0 Å². The second kappa shape index (κ2) is 3.87. The number of halogens is 1. The van der Waals surface area contributed by atoms with Crippen LogP contribution < -0.4 is 0 Å². The van der Waals surface area contributed by atoms with Gasteiger partial charge < -0.3 is 4.90 Å².